The first kappa shape index (κ1) is 20.6. The third-order valence-electron chi connectivity index (χ3n) is 4.56. The summed E-state index contributed by atoms with van der Waals surface area (Å²) in [5.41, 5.74) is 1.72. The topological polar surface area (TPSA) is 84.2 Å². The Hall–Kier alpha value is -3.12. The van der Waals surface area contributed by atoms with Crippen LogP contribution in [0.2, 0.25) is 5.02 Å². The first-order chi connectivity index (χ1) is 13.8. The van der Waals surface area contributed by atoms with Crippen molar-refractivity contribution in [2.75, 3.05) is 13.1 Å². The number of carbonyl (C=O) groups excluding carboxylic acids is 2. The summed E-state index contributed by atoms with van der Waals surface area (Å²) in [4.78, 5) is 24.4. The number of rotatable bonds is 7. The number of nitrogens with one attached hydrogen (secondary N) is 2. The molecule has 0 spiro atoms. The minimum atomic E-state index is -0.469. The van der Waals surface area contributed by atoms with Crippen molar-refractivity contribution in [3.05, 3.63) is 76.9 Å². The molecule has 1 aromatic heterocycles. The molecule has 0 fully saturated rings. The molecule has 7 heteroatoms. The van der Waals surface area contributed by atoms with Gasteiger partial charge in [0, 0.05) is 28.6 Å². The van der Waals surface area contributed by atoms with Gasteiger partial charge in [0.1, 0.15) is 0 Å². The number of amides is 2. The van der Waals surface area contributed by atoms with Gasteiger partial charge in [-0.1, -0.05) is 73.1 Å². The molecule has 2 N–H and O–H groups in total. The van der Waals surface area contributed by atoms with Gasteiger partial charge in [-0.25, -0.2) is 0 Å². The molecule has 0 aliphatic heterocycles. The molecule has 3 rings (SSSR count). The van der Waals surface area contributed by atoms with Crippen LogP contribution in [0.4, 0.5) is 0 Å². The third-order valence-corrected chi connectivity index (χ3v) is 4.82. The molecule has 0 bridgehead atoms. The van der Waals surface area contributed by atoms with Crippen LogP contribution in [0.15, 0.2) is 65.2 Å². The molecule has 0 atom stereocenters. The largest absolute Gasteiger partial charge is 0.355 e. The van der Waals surface area contributed by atoms with E-state index >= 15 is 0 Å². The Labute approximate surface area is 174 Å². The molecule has 0 saturated carbocycles. The van der Waals surface area contributed by atoms with E-state index in [-0.39, 0.29) is 23.6 Å². The van der Waals surface area contributed by atoms with Crippen LogP contribution in [0.5, 0.6) is 0 Å². The van der Waals surface area contributed by atoms with E-state index in [1.54, 1.807) is 6.07 Å². The number of halogens is 1. The smallest absolute Gasteiger partial charge is 0.273 e. The van der Waals surface area contributed by atoms with Crippen molar-refractivity contribution >= 4 is 23.4 Å². The van der Waals surface area contributed by atoms with Crippen molar-refractivity contribution in [1.82, 2.24) is 15.8 Å². The number of benzene rings is 2. The quantitative estimate of drug-likeness (QED) is 0.619. The summed E-state index contributed by atoms with van der Waals surface area (Å²) in [6.07, 6.45) is 0. The van der Waals surface area contributed by atoms with Gasteiger partial charge in [0.2, 0.25) is 5.91 Å². The second-order valence-corrected chi connectivity index (χ2v) is 7.73. The molecule has 150 valence electrons. The van der Waals surface area contributed by atoms with E-state index in [9.17, 15) is 9.59 Å². The monoisotopic (exact) mass is 411 g/mol. The number of hydrogen-bond donors (Lipinski definition) is 2. The Balaban J connectivity index is 1.50. The third kappa shape index (κ3) is 5.45. The van der Waals surface area contributed by atoms with Gasteiger partial charge in [0.05, 0.1) is 6.54 Å². The molecule has 0 aliphatic carbocycles. The van der Waals surface area contributed by atoms with E-state index in [4.69, 9.17) is 16.1 Å². The molecule has 3 aromatic rings. The highest BCUT2D eigenvalue weighted by atomic mass is 35.5. The Bertz CT molecular complexity index is 982. The predicted octanol–water partition coefficient (Wildman–Crippen LogP) is 3.82. The van der Waals surface area contributed by atoms with Crippen LogP contribution in [0.3, 0.4) is 0 Å². The second kappa shape index (κ2) is 8.92. The molecule has 0 radical (unpaired) electrons. The van der Waals surface area contributed by atoms with Gasteiger partial charge in [0.25, 0.3) is 5.91 Å². The summed E-state index contributed by atoms with van der Waals surface area (Å²) in [6, 6.07) is 18.4. The number of carbonyl (C=O) groups is 2. The average Bonchev–Trinajstić information content (AvgIpc) is 3.22. The molecular formula is C22H22ClN3O3. The van der Waals surface area contributed by atoms with Crippen molar-refractivity contribution in [3.8, 4) is 11.3 Å². The summed E-state index contributed by atoms with van der Waals surface area (Å²) in [6.45, 7) is 4.32. The highest BCUT2D eigenvalue weighted by molar-refractivity contribution is 6.30. The Morgan fingerprint density at radius 2 is 1.72 bits per heavy atom. The molecule has 1 heterocycles. The maximum atomic E-state index is 12.2. The summed E-state index contributed by atoms with van der Waals surface area (Å²) in [5.74, 6) is -0.264. The fourth-order valence-corrected chi connectivity index (χ4v) is 2.88. The van der Waals surface area contributed by atoms with Gasteiger partial charge in [-0.2, -0.15) is 0 Å². The Morgan fingerprint density at radius 1 is 1.03 bits per heavy atom. The van der Waals surface area contributed by atoms with Gasteiger partial charge in [0.15, 0.2) is 11.5 Å². The molecule has 0 unspecified atom stereocenters. The van der Waals surface area contributed by atoms with Crippen LogP contribution in [-0.2, 0) is 10.2 Å². The minimum absolute atomic E-state index is 0.123. The van der Waals surface area contributed by atoms with Crippen molar-refractivity contribution in [2.45, 2.75) is 19.3 Å². The highest BCUT2D eigenvalue weighted by Crippen LogP contribution is 2.24. The molecular weight excluding hydrogens is 390 g/mol. The fourth-order valence-electron chi connectivity index (χ4n) is 2.76. The lowest BCUT2D eigenvalue weighted by molar-refractivity contribution is -0.120. The Kier molecular flexibility index (Phi) is 6.34. The van der Waals surface area contributed by atoms with Crippen molar-refractivity contribution in [2.24, 2.45) is 0 Å². The van der Waals surface area contributed by atoms with E-state index in [2.05, 4.69) is 15.8 Å². The van der Waals surface area contributed by atoms with E-state index in [0.29, 0.717) is 17.3 Å². The maximum Gasteiger partial charge on any atom is 0.273 e. The molecule has 2 amide bonds. The highest BCUT2D eigenvalue weighted by Gasteiger charge is 2.22. The zero-order valence-electron chi connectivity index (χ0n) is 16.2. The SMILES string of the molecule is CC(C)(CNC(=O)CNC(=O)c1cc(-c2ccccc2)on1)c1ccc(Cl)cc1. The standard InChI is InChI=1S/C22H22ClN3O3/c1-22(2,16-8-10-17(23)11-9-16)14-25-20(27)13-24-21(28)18-12-19(29-26-18)15-6-4-3-5-7-15/h3-12H,13-14H2,1-2H3,(H,24,28)(H,25,27). The summed E-state index contributed by atoms with van der Waals surface area (Å²) in [7, 11) is 0. The first-order valence-electron chi connectivity index (χ1n) is 9.18. The second-order valence-electron chi connectivity index (χ2n) is 7.29. The van der Waals surface area contributed by atoms with E-state index in [1.807, 2.05) is 68.4 Å². The van der Waals surface area contributed by atoms with Gasteiger partial charge < -0.3 is 15.2 Å². The zero-order chi connectivity index (χ0) is 20.9. The van der Waals surface area contributed by atoms with E-state index < -0.39 is 5.91 Å². The number of nitrogens with zero attached hydrogens (tertiary/aromatic N) is 1. The maximum absolute atomic E-state index is 12.2. The van der Waals surface area contributed by atoms with E-state index in [0.717, 1.165) is 11.1 Å². The first-order valence-corrected chi connectivity index (χ1v) is 9.56. The van der Waals surface area contributed by atoms with Gasteiger partial charge in [-0.15, -0.1) is 0 Å². The lowest BCUT2D eigenvalue weighted by Crippen LogP contribution is -2.42. The summed E-state index contributed by atoms with van der Waals surface area (Å²) < 4.78 is 5.21. The van der Waals surface area contributed by atoms with Crippen LogP contribution < -0.4 is 10.6 Å². The van der Waals surface area contributed by atoms with E-state index in [1.165, 1.54) is 0 Å². The van der Waals surface area contributed by atoms with Crippen LogP contribution in [0.25, 0.3) is 11.3 Å². The normalized spacial score (nSPS) is 11.1. The van der Waals surface area contributed by atoms with Crippen LogP contribution in [0, 0.1) is 0 Å². The Morgan fingerprint density at radius 3 is 2.41 bits per heavy atom. The molecule has 6 nitrogen and oxygen atoms in total. The van der Waals surface area contributed by atoms with Gasteiger partial charge >= 0.3 is 0 Å². The fraction of sp³-hybridized carbons (Fsp3) is 0.227. The van der Waals surface area contributed by atoms with Crippen LogP contribution >= 0.6 is 11.6 Å². The number of hydrogen-bond acceptors (Lipinski definition) is 4. The molecule has 0 aliphatic rings. The van der Waals surface area contributed by atoms with Crippen LogP contribution in [-0.4, -0.2) is 30.1 Å². The van der Waals surface area contributed by atoms with Crippen molar-refractivity contribution in [3.63, 3.8) is 0 Å². The zero-order valence-corrected chi connectivity index (χ0v) is 17.0. The lowest BCUT2D eigenvalue weighted by atomic mass is 9.84. The molecule has 0 saturated heterocycles. The summed E-state index contributed by atoms with van der Waals surface area (Å²) >= 11 is 5.93. The number of aromatic nitrogens is 1. The molecule has 2 aromatic carbocycles. The lowest BCUT2D eigenvalue weighted by Gasteiger charge is -2.25. The van der Waals surface area contributed by atoms with Gasteiger partial charge in [-0.3, -0.25) is 9.59 Å². The summed E-state index contributed by atoms with van der Waals surface area (Å²) in [5, 5.41) is 9.84. The minimum Gasteiger partial charge on any atom is -0.355 e. The molecule has 29 heavy (non-hydrogen) atoms. The average molecular weight is 412 g/mol. The van der Waals surface area contributed by atoms with Crippen molar-refractivity contribution in [1.29, 1.82) is 0 Å². The predicted molar refractivity (Wildman–Crippen MR) is 112 cm³/mol. The van der Waals surface area contributed by atoms with Crippen LogP contribution in [0.1, 0.15) is 29.9 Å². The van der Waals surface area contributed by atoms with Crippen molar-refractivity contribution < 1.29 is 14.1 Å². The van der Waals surface area contributed by atoms with Gasteiger partial charge in [-0.05, 0) is 17.7 Å².